The number of hydrogen-bond acceptors (Lipinski definition) is 7. The van der Waals surface area contributed by atoms with Crippen molar-refractivity contribution < 1.29 is 4.74 Å². The Hall–Kier alpha value is -4.23. The largest absolute Gasteiger partial charge is 0.495 e. The molecular weight excluding hydrogens is 496 g/mol. The topological polar surface area (TPSA) is 76.1 Å². The molecule has 38 heavy (non-hydrogen) atoms. The van der Waals surface area contributed by atoms with Crippen LogP contribution in [0.15, 0.2) is 67.3 Å². The molecular formula is C30H29ClN6O. The molecule has 0 aliphatic rings. The van der Waals surface area contributed by atoms with E-state index in [-0.39, 0.29) is 0 Å². The second-order valence-corrected chi connectivity index (χ2v) is 9.56. The molecule has 0 spiro atoms. The third-order valence-corrected chi connectivity index (χ3v) is 6.94. The lowest BCUT2D eigenvalue weighted by atomic mass is 10.0. The summed E-state index contributed by atoms with van der Waals surface area (Å²) in [4.78, 5) is 20.9. The minimum atomic E-state index is 0.578. The molecule has 0 aliphatic heterocycles. The van der Waals surface area contributed by atoms with Gasteiger partial charge < -0.3 is 15.0 Å². The highest BCUT2D eigenvalue weighted by atomic mass is 35.5. The summed E-state index contributed by atoms with van der Waals surface area (Å²) in [5.74, 6) is 0.662. The summed E-state index contributed by atoms with van der Waals surface area (Å²) < 4.78 is 5.43. The van der Waals surface area contributed by atoms with Crippen LogP contribution in [0.1, 0.15) is 18.1 Å². The predicted molar refractivity (Wildman–Crippen MR) is 156 cm³/mol. The van der Waals surface area contributed by atoms with E-state index in [0.717, 1.165) is 62.8 Å². The molecule has 4 aromatic heterocycles. The maximum Gasteiger partial charge on any atom is 0.137 e. The van der Waals surface area contributed by atoms with Crippen LogP contribution in [0.5, 0.6) is 5.75 Å². The van der Waals surface area contributed by atoms with Gasteiger partial charge in [0, 0.05) is 42.5 Å². The van der Waals surface area contributed by atoms with Crippen molar-refractivity contribution in [2.24, 2.45) is 0 Å². The van der Waals surface area contributed by atoms with E-state index in [1.807, 2.05) is 56.6 Å². The highest BCUT2D eigenvalue weighted by molar-refractivity contribution is 6.35. The number of halogens is 1. The van der Waals surface area contributed by atoms with Gasteiger partial charge in [-0.3, -0.25) is 15.0 Å². The maximum absolute atomic E-state index is 6.67. The van der Waals surface area contributed by atoms with Gasteiger partial charge in [-0.25, -0.2) is 4.98 Å². The summed E-state index contributed by atoms with van der Waals surface area (Å²) >= 11 is 6.67. The number of aryl methyl sites for hydroxylation is 1. The molecule has 4 heterocycles. The molecule has 0 atom stereocenters. The Morgan fingerprint density at radius 2 is 1.84 bits per heavy atom. The molecule has 0 fully saturated rings. The van der Waals surface area contributed by atoms with Crippen LogP contribution in [-0.4, -0.2) is 40.6 Å². The fourth-order valence-electron chi connectivity index (χ4n) is 4.39. The number of nitrogens with one attached hydrogen (secondary N) is 1. The van der Waals surface area contributed by atoms with Crippen LogP contribution in [0.4, 0.5) is 17.1 Å². The number of pyridine rings is 4. The summed E-state index contributed by atoms with van der Waals surface area (Å²) in [6.07, 6.45) is 7.15. The normalized spacial score (nSPS) is 11.0. The molecule has 7 nitrogen and oxygen atoms in total. The Kier molecular flexibility index (Phi) is 7.11. The van der Waals surface area contributed by atoms with Gasteiger partial charge in [-0.15, -0.1) is 0 Å². The average molecular weight is 525 g/mol. The van der Waals surface area contributed by atoms with Crippen LogP contribution in [0, 0.1) is 13.8 Å². The van der Waals surface area contributed by atoms with Crippen LogP contribution in [0.3, 0.4) is 0 Å². The molecule has 0 amide bonds. The van der Waals surface area contributed by atoms with E-state index < -0.39 is 0 Å². The predicted octanol–water partition coefficient (Wildman–Crippen LogP) is 7.23. The van der Waals surface area contributed by atoms with Crippen molar-refractivity contribution in [2.45, 2.75) is 20.8 Å². The number of anilines is 3. The Morgan fingerprint density at radius 1 is 1.00 bits per heavy atom. The number of benzene rings is 1. The number of methoxy groups -OCH3 is 1. The summed E-state index contributed by atoms with van der Waals surface area (Å²) in [5.41, 5.74) is 8.66. The van der Waals surface area contributed by atoms with Crippen LogP contribution >= 0.6 is 11.6 Å². The van der Waals surface area contributed by atoms with E-state index in [0.29, 0.717) is 16.3 Å². The van der Waals surface area contributed by atoms with Crippen LogP contribution in [0.2, 0.25) is 5.02 Å². The van der Waals surface area contributed by atoms with Gasteiger partial charge in [-0.1, -0.05) is 23.7 Å². The molecule has 0 saturated heterocycles. The Morgan fingerprint density at radius 3 is 2.61 bits per heavy atom. The third kappa shape index (κ3) is 4.85. The van der Waals surface area contributed by atoms with Crippen LogP contribution in [-0.2, 0) is 0 Å². The van der Waals surface area contributed by atoms with Crippen molar-refractivity contribution >= 4 is 39.6 Å². The smallest absolute Gasteiger partial charge is 0.137 e. The lowest BCUT2D eigenvalue weighted by Crippen LogP contribution is -2.16. The minimum Gasteiger partial charge on any atom is -0.495 e. The van der Waals surface area contributed by atoms with E-state index in [1.54, 1.807) is 25.7 Å². The van der Waals surface area contributed by atoms with Crippen molar-refractivity contribution in [3.05, 3.63) is 83.4 Å². The van der Waals surface area contributed by atoms with E-state index in [2.05, 4.69) is 40.1 Å². The fourth-order valence-corrected chi connectivity index (χ4v) is 4.60. The Balaban J connectivity index is 1.75. The van der Waals surface area contributed by atoms with Gasteiger partial charge in [-0.2, -0.15) is 0 Å². The van der Waals surface area contributed by atoms with Crippen molar-refractivity contribution in [1.29, 1.82) is 0 Å². The summed E-state index contributed by atoms with van der Waals surface area (Å²) in [7, 11) is 3.67. The fraction of sp³-hybridized carbons (Fsp3) is 0.200. The zero-order valence-corrected chi connectivity index (χ0v) is 22.8. The highest BCUT2D eigenvalue weighted by Gasteiger charge is 2.19. The monoisotopic (exact) mass is 524 g/mol. The molecule has 5 rings (SSSR count). The van der Waals surface area contributed by atoms with E-state index in [4.69, 9.17) is 26.3 Å². The molecule has 1 aromatic carbocycles. The van der Waals surface area contributed by atoms with E-state index in [1.165, 1.54) is 0 Å². The highest BCUT2D eigenvalue weighted by Crippen LogP contribution is 2.40. The lowest BCUT2D eigenvalue weighted by Gasteiger charge is -2.22. The first kappa shape index (κ1) is 25.4. The van der Waals surface area contributed by atoms with E-state index >= 15 is 0 Å². The van der Waals surface area contributed by atoms with Gasteiger partial charge in [0.25, 0.3) is 0 Å². The SMILES string of the molecule is CCN(C)c1cnc(-c2cncc(OC)c2)c(Nc2c(C)c(-c3cc(C)ccn3)nc3c(Cl)cccc23)c1. The van der Waals surface area contributed by atoms with Gasteiger partial charge in [0.1, 0.15) is 5.75 Å². The standard InChI is InChI=1S/C30H29ClN6O/c1-6-37(4)21-14-26(29(34-16-21)20-13-22(38-5)17-32-15-20)35-27-19(3)28(25-12-18(2)10-11-33-25)36-30-23(27)8-7-9-24(30)31/h7-17H,6H2,1-5H3,(H,35,36). The molecule has 5 aromatic rings. The van der Waals surface area contributed by atoms with Crippen molar-refractivity contribution in [3.8, 4) is 28.4 Å². The van der Waals surface area contributed by atoms with Crippen molar-refractivity contribution in [3.63, 3.8) is 0 Å². The molecule has 1 N–H and O–H groups in total. The molecule has 0 aliphatic carbocycles. The van der Waals surface area contributed by atoms with E-state index in [9.17, 15) is 0 Å². The number of hydrogen-bond donors (Lipinski definition) is 1. The molecule has 0 radical (unpaired) electrons. The average Bonchev–Trinajstić information content (AvgIpc) is 2.94. The maximum atomic E-state index is 6.67. The van der Waals surface area contributed by atoms with Gasteiger partial charge in [-0.05, 0) is 56.7 Å². The van der Waals surface area contributed by atoms with Gasteiger partial charge in [0.15, 0.2) is 0 Å². The molecule has 0 unspecified atom stereocenters. The van der Waals surface area contributed by atoms with Crippen molar-refractivity contribution in [2.75, 3.05) is 30.9 Å². The van der Waals surface area contributed by atoms with Gasteiger partial charge in [0.05, 0.1) is 64.2 Å². The Bertz CT molecular complexity index is 1640. The first-order chi connectivity index (χ1) is 18.4. The number of aromatic nitrogens is 4. The van der Waals surface area contributed by atoms with Crippen LogP contribution < -0.4 is 15.0 Å². The summed E-state index contributed by atoms with van der Waals surface area (Å²) in [6.45, 7) is 7.05. The zero-order chi connectivity index (χ0) is 26.8. The summed E-state index contributed by atoms with van der Waals surface area (Å²) in [6, 6.07) is 13.9. The molecule has 0 bridgehead atoms. The minimum absolute atomic E-state index is 0.578. The van der Waals surface area contributed by atoms with Crippen molar-refractivity contribution in [1.82, 2.24) is 19.9 Å². The number of fused-ring (bicyclic) bond motifs is 1. The second-order valence-electron chi connectivity index (χ2n) is 9.16. The van der Waals surface area contributed by atoms with Crippen LogP contribution in [0.25, 0.3) is 33.5 Å². The number of nitrogens with zero attached hydrogens (tertiary/aromatic N) is 5. The molecule has 8 heteroatoms. The van der Waals surface area contributed by atoms with Gasteiger partial charge >= 0.3 is 0 Å². The lowest BCUT2D eigenvalue weighted by molar-refractivity contribution is 0.413. The second kappa shape index (κ2) is 10.6. The quantitative estimate of drug-likeness (QED) is 0.240. The third-order valence-electron chi connectivity index (χ3n) is 6.64. The first-order valence-electron chi connectivity index (χ1n) is 12.4. The summed E-state index contributed by atoms with van der Waals surface area (Å²) in [5, 5.41) is 5.20. The zero-order valence-electron chi connectivity index (χ0n) is 22.1. The molecule has 0 saturated carbocycles. The van der Waals surface area contributed by atoms with Gasteiger partial charge in [0.2, 0.25) is 0 Å². The number of rotatable bonds is 7. The molecule has 192 valence electrons. The number of para-hydroxylation sites is 1. The number of ether oxygens (including phenoxy) is 1. The first-order valence-corrected chi connectivity index (χ1v) is 12.8. The Labute approximate surface area is 227 Å².